The second-order valence-electron chi connectivity index (χ2n) is 4.43. The van der Waals surface area contributed by atoms with E-state index in [-0.39, 0.29) is 5.97 Å². The standard InChI is InChI=1S/C13H18N4O2/c1-9-11-6-10(7-14-5-4-12(18)19-3)8-15-13(11)17(2)16-9/h6,8,14H,4-5,7H2,1-3H3. The van der Waals surface area contributed by atoms with Gasteiger partial charge in [0.15, 0.2) is 5.65 Å². The average Bonchev–Trinajstić information content (AvgIpc) is 2.69. The quantitative estimate of drug-likeness (QED) is 0.641. The number of hydrogen-bond donors (Lipinski definition) is 1. The summed E-state index contributed by atoms with van der Waals surface area (Å²) in [5.74, 6) is -0.204. The minimum atomic E-state index is -0.204. The van der Waals surface area contributed by atoms with Gasteiger partial charge in [0.2, 0.25) is 0 Å². The van der Waals surface area contributed by atoms with Crippen molar-refractivity contribution in [1.82, 2.24) is 20.1 Å². The minimum Gasteiger partial charge on any atom is -0.469 e. The van der Waals surface area contributed by atoms with Crippen LogP contribution in [0.1, 0.15) is 17.7 Å². The Kier molecular flexibility index (Phi) is 4.11. The second kappa shape index (κ2) is 5.79. The highest BCUT2D eigenvalue weighted by molar-refractivity contribution is 5.78. The zero-order chi connectivity index (χ0) is 13.8. The summed E-state index contributed by atoms with van der Waals surface area (Å²) in [6, 6.07) is 2.08. The molecule has 0 saturated carbocycles. The number of ether oxygens (including phenoxy) is 1. The second-order valence-corrected chi connectivity index (χ2v) is 4.43. The lowest BCUT2D eigenvalue weighted by Crippen LogP contribution is -2.18. The maximum Gasteiger partial charge on any atom is 0.306 e. The molecular formula is C13H18N4O2. The van der Waals surface area contributed by atoms with Gasteiger partial charge < -0.3 is 10.1 Å². The summed E-state index contributed by atoms with van der Waals surface area (Å²) in [4.78, 5) is 15.4. The van der Waals surface area contributed by atoms with Crippen LogP contribution in [0.15, 0.2) is 12.3 Å². The van der Waals surface area contributed by atoms with E-state index in [1.807, 2.05) is 20.2 Å². The number of hydrogen-bond acceptors (Lipinski definition) is 5. The van der Waals surface area contributed by atoms with E-state index in [2.05, 4.69) is 26.2 Å². The molecule has 0 amide bonds. The van der Waals surface area contributed by atoms with Gasteiger partial charge in [0.05, 0.1) is 19.2 Å². The highest BCUT2D eigenvalue weighted by Crippen LogP contribution is 2.16. The number of aromatic nitrogens is 3. The fourth-order valence-electron chi connectivity index (χ4n) is 1.97. The number of aryl methyl sites for hydroxylation is 2. The van der Waals surface area contributed by atoms with Crippen LogP contribution in [0.2, 0.25) is 0 Å². The Balaban J connectivity index is 1.98. The fourth-order valence-corrected chi connectivity index (χ4v) is 1.97. The molecule has 0 fully saturated rings. The molecule has 6 heteroatoms. The van der Waals surface area contributed by atoms with Gasteiger partial charge in [0.25, 0.3) is 0 Å². The van der Waals surface area contributed by atoms with Gasteiger partial charge in [0.1, 0.15) is 0 Å². The van der Waals surface area contributed by atoms with Gasteiger partial charge in [-0.25, -0.2) is 4.98 Å². The molecule has 0 aromatic carbocycles. The van der Waals surface area contributed by atoms with Crippen molar-refractivity contribution in [2.75, 3.05) is 13.7 Å². The third-order valence-corrected chi connectivity index (χ3v) is 2.98. The van der Waals surface area contributed by atoms with Gasteiger partial charge in [-0.2, -0.15) is 5.10 Å². The topological polar surface area (TPSA) is 69.0 Å². The lowest BCUT2D eigenvalue weighted by molar-refractivity contribution is -0.140. The third-order valence-electron chi connectivity index (χ3n) is 2.98. The van der Waals surface area contributed by atoms with Crippen LogP contribution in [0, 0.1) is 6.92 Å². The molecule has 0 aliphatic heterocycles. The summed E-state index contributed by atoms with van der Waals surface area (Å²) in [6.07, 6.45) is 2.20. The minimum absolute atomic E-state index is 0.204. The van der Waals surface area contributed by atoms with Crippen LogP contribution in [-0.4, -0.2) is 34.4 Å². The Labute approximate surface area is 111 Å². The molecule has 6 nitrogen and oxygen atoms in total. The number of rotatable bonds is 5. The molecule has 19 heavy (non-hydrogen) atoms. The lowest BCUT2D eigenvalue weighted by atomic mass is 10.2. The van der Waals surface area contributed by atoms with E-state index in [1.54, 1.807) is 4.68 Å². The van der Waals surface area contributed by atoms with E-state index < -0.39 is 0 Å². The van der Waals surface area contributed by atoms with E-state index in [9.17, 15) is 4.79 Å². The molecule has 2 aromatic rings. The number of pyridine rings is 1. The highest BCUT2D eigenvalue weighted by atomic mass is 16.5. The Hall–Kier alpha value is -1.95. The smallest absolute Gasteiger partial charge is 0.306 e. The van der Waals surface area contributed by atoms with Crippen molar-refractivity contribution in [3.05, 3.63) is 23.5 Å². The number of nitrogens with zero attached hydrogens (tertiary/aromatic N) is 3. The van der Waals surface area contributed by atoms with Gasteiger partial charge in [-0.05, 0) is 18.6 Å². The first-order chi connectivity index (χ1) is 9.11. The van der Waals surface area contributed by atoms with Crippen molar-refractivity contribution < 1.29 is 9.53 Å². The SMILES string of the molecule is COC(=O)CCNCc1cnc2c(c1)c(C)nn2C. The highest BCUT2D eigenvalue weighted by Gasteiger charge is 2.07. The van der Waals surface area contributed by atoms with Gasteiger partial charge in [-0.15, -0.1) is 0 Å². The molecule has 0 spiro atoms. The van der Waals surface area contributed by atoms with Gasteiger partial charge in [0, 0.05) is 31.7 Å². The van der Waals surface area contributed by atoms with Crippen LogP contribution in [0.4, 0.5) is 0 Å². The van der Waals surface area contributed by atoms with Crippen molar-refractivity contribution in [3.8, 4) is 0 Å². The molecule has 0 unspecified atom stereocenters. The van der Waals surface area contributed by atoms with Crippen molar-refractivity contribution in [2.45, 2.75) is 19.9 Å². The zero-order valence-electron chi connectivity index (χ0n) is 11.4. The molecule has 1 N–H and O–H groups in total. The van der Waals surface area contributed by atoms with Crippen LogP contribution in [0.5, 0.6) is 0 Å². The van der Waals surface area contributed by atoms with E-state index >= 15 is 0 Å². The number of carbonyl (C=O) groups excluding carboxylic acids is 1. The van der Waals surface area contributed by atoms with Crippen LogP contribution in [-0.2, 0) is 23.1 Å². The number of fused-ring (bicyclic) bond motifs is 1. The lowest BCUT2D eigenvalue weighted by Gasteiger charge is -2.04. The Morgan fingerprint density at radius 1 is 1.53 bits per heavy atom. The first-order valence-electron chi connectivity index (χ1n) is 6.17. The number of esters is 1. The van der Waals surface area contributed by atoms with Crippen LogP contribution in [0.25, 0.3) is 11.0 Å². The molecule has 0 aliphatic carbocycles. The molecule has 2 rings (SSSR count). The number of carbonyl (C=O) groups is 1. The summed E-state index contributed by atoms with van der Waals surface area (Å²) >= 11 is 0. The molecule has 102 valence electrons. The van der Waals surface area contributed by atoms with Crippen LogP contribution >= 0.6 is 0 Å². The Morgan fingerprint density at radius 2 is 2.32 bits per heavy atom. The van der Waals surface area contributed by atoms with Crippen LogP contribution < -0.4 is 5.32 Å². The molecule has 0 radical (unpaired) electrons. The summed E-state index contributed by atoms with van der Waals surface area (Å²) < 4.78 is 6.35. The fraction of sp³-hybridized carbons (Fsp3) is 0.462. The van der Waals surface area contributed by atoms with E-state index in [1.165, 1.54) is 7.11 Å². The van der Waals surface area contributed by atoms with E-state index in [0.717, 1.165) is 22.3 Å². The molecule has 0 saturated heterocycles. The normalized spacial score (nSPS) is 10.9. The van der Waals surface area contributed by atoms with E-state index in [4.69, 9.17) is 0 Å². The maximum absolute atomic E-state index is 11.0. The van der Waals surface area contributed by atoms with Crippen molar-refractivity contribution >= 4 is 17.0 Å². The van der Waals surface area contributed by atoms with Crippen LogP contribution in [0.3, 0.4) is 0 Å². The average molecular weight is 262 g/mol. The summed E-state index contributed by atoms with van der Waals surface area (Å²) in [5, 5.41) is 8.59. The largest absolute Gasteiger partial charge is 0.469 e. The maximum atomic E-state index is 11.0. The van der Waals surface area contributed by atoms with E-state index in [0.29, 0.717) is 19.5 Å². The third kappa shape index (κ3) is 3.08. The summed E-state index contributed by atoms with van der Waals surface area (Å²) in [6.45, 7) is 3.24. The predicted octanol–water partition coefficient (Wildman–Crippen LogP) is 0.929. The van der Waals surface area contributed by atoms with Crippen molar-refractivity contribution in [3.63, 3.8) is 0 Å². The summed E-state index contributed by atoms with van der Waals surface area (Å²) in [5.41, 5.74) is 2.94. The monoisotopic (exact) mass is 262 g/mol. The Morgan fingerprint density at radius 3 is 3.05 bits per heavy atom. The van der Waals surface area contributed by atoms with Gasteiger partial charge >= 0.3 is 5.97 Å². The number of nitrogens with one attached hydrogen (secondary N) is 1. The first-order valence-corrected chi connectivity index (χ1v) is 6.17. The predicted molar refractivity (Wildman–Crippen MR) is 71.6 cm³/mol. The molecular weight excluding hydrogens is 244 g/mol. The van der Waals surface area contributed by atoms with Crippen molar-refractivity contribution in [1.29, 1.82) is 0 Å². The molecule has 2 heterocycles. The van der Waals surface area contributed by atoms with Crippen molar-refractivity contribution in [2.24, 2.45) is 7.05 Å². The van der Waals surface area contributed by atoms with Gasteiger partial charge in [-0.3, -0.25) is 9.48 Å². The van der Waals surface area contributed by atoms with Gasteiger partial charge in [-0.1, -0.05) is 0 Å². The molecule has 0 bridgehead atoms. The molecule has 0 atom stereocenters. The molecule has 2 aromatic heterocycles. The number of methoxy groups -OCH3 is 1. The zero-order valence-corrected chi connectivity index (χ0v) is 11.4. The summed E-state index contributed by atoms with van der Waals surface area (Å²) in [7, 11) is 3.28. The Bertz CT molecular complexity index is 592. The molecule has 0 aliphatic rings. The first kappa shape index (κ1) is 13.5.